The molecule has 3 aromatic rings. The summed E-state index contributed by atoms with van der Waals surface area (Å²) in [5, 5.41) is 16.9. The maximum Gasteiger partial charge on any atom is 0.224 e. The number of nitrogens with one attached hydrogen (secondary N) is 2. The predicted molar refractivity (Wildman–Crippen MR) is 93.0 cm³/mol. The van der Waals surface area contributed by atoms with Gasteiger partial charge in [0.2, 0.25) is 5.95 Å². The molecular weight excluding hydrogens is 290 g/mol. The van der Waals surface area contributed by atoms with Crippen molar-refractivity contribution in [3.05, 3.63) is 35.5 Å². The van der Waals surface area contributed by atoms with E-state index in [0.717, 1.165) is 33.5 Å². The van der Waals surface area contributed by atoms with Crippen LogP contribution in [-0.2, 0) is 0 Å². The molecule has 1 aromatic carbocycles. The number of rotatable bonds is 3. The molecular formula is C17H19N5O. The second-order valence-electron chi connectivity index (χ2n) is 5.39. The fourth-order valence-corrected chi connectivity index (χ4v) is 2.72. The van der Waals surface area contributed by atoms with Crippen LogP contribution in [0.2, 0.25) is 0 Å². The van der Waals surface area contributed by atoms with E-state index in [9.17, 15) is 5.11 Å². The number of aromatic hydroxyl groups is 1. The summed E-state index contributed by atoms with van der Waals surface area (Å²) >= 11 is 0. The lowest BCUT2D eigenvalue weighted by Crippen LogP contribution is -2.02. The van der Waals surface area contributed by atoms with Gasteiger partial charge in [-0.25, -0.2) is 9.97 Å². The van der Waals surface area contributed by atoms with Crippen molar-refractivity contribution in [3.8, 4) is 16.9 Å². The van der Waals surface area contributed by atoms with Crippen LogP contribution in [0.3, 0.4) is 0 Å². The van der Waals surface area contributed by atoms with E-state index in [1.54, 1.807) is 19.3 Å². The van der Waals surface area contributed by atoms with Crippen LogP contribution in [0.5, 0.6) is 5.75 Å². The summed E-state index contributed by atoms with van der Waals surface area (Å²) in [6, 6.07) is 5.62. The molecule has 0 aliphatic carbocycles. The van der Waals surface area contributed by atoms with Crippen molar-refractivity contribution in [2.24, 2.45) is 0 Å². The van der Waals surface area contributed by atoms with E-state index in [4.69, 9.17) is 0 Å². The lowest BCUT2D eigenvalue weighted by atomic mass is 9.95. The van der Waals surface area contributed by atoms with Gasteiger partial charge in [-0.05, 0) is 42.7 Å². The summed E-state index contributed by atoms with van der Waals surface area (Å²) in [4.78, 5) is 13.2. The first-order chi connectivity index (χ1) is 11.0. The fourth-order valence-electron chi connectivity index (χ4n) is 2.72. The molecule has 6 heteroatoms. The highest BCUT2D eigenvalue weighted by molar-refractivity contribution is 5.90. The molecule has 6 nitrogen and oxygen atoms in total. The van der Waals surface area contributed by atoms with Crippen LogP contribution in [0.4, 0.5) is 11.8 Å². The topological polar surface area (TPSA) is 83.0 Å². The SMILES string of the molecule is CNc1ncc2cc(-c3c(C)ccc(O)c3C)c(NC)nc2n1. The first kappa shape index (κ1) is 15.0. The average molecular weight is 309 g/mol. The Bertz CT molecular complexity index is 892. The maximum absolute atomic E-state index is 10.1. The highest BCUT2D eigenvalue weighted by Crippen LogP contribution is 2.37. The number of nitrogens with zero attached hydrogens (tertiary/aromatic N) is 3. The lowest BCUT2D eigenvalue weighted by Gasteiger charge is -2.15. The number of anilines is 2. The quantitative estimate of drug-likeness (QED) is 0.689. The Morgan fingerprint density at radius 3 is 2.52 bits per heavy atom. The van der Waals surface area contributed by atoms with Crippen molar-refractivity contribution in [2.75, 3.05) is 24.7 Å². The molecule has 0 saturated heterocycles. The molecule has 0 bridgehead atoms. The summed E-state index contributed by atoms with van der Waals surface area (Å²) < 4.78 is 0. The molecule has 0 saturated carbocycles. The molecule has 23 heavy (non-hydrogen) atoms. The zero-order valence-corrected chi connectivity index (χ0v) is 13.6. The Balaban J connectivity index is 2.31. The number of phenols is 1. The summed E-state index contributed by atoms with van der Waals surface area (Å²) in [6.07, 6.45) is 1.75. The van der Waals surface area contributed by atoms with Gasteiger partial charge < -0.3 is 15.7 Å². The van der Waals surface area contributed by atoms with E-state index < -0.39 is 0 Å². The van der Waals surface area contributed by atoms with Crippen molar-refractivity contribution in [3.63, 3.8) is 0 Å². The molecule has 118 valence electrons. The zero-order chi connectivity index (χ0) is 16.6. The molecule has 0 radical (unpaired) electrons. The van der Waals surface area contributed by atoms with Gasteiger partial charge in [-0.15, -0.1) is 0 Å². The Kier molecular flexibility index (Phi) is 3.73. The number of aryl methyl sites for hydroxylation is 1. The molecule has 0 aliphatic rings. The lowest BCUT2D eigenvalue weighted by molar-refractivity contribution is 0.471. The summed E-state index contributed by atoms with van der Waals surface area (Å²) in [5.41, 5.74) is 4.42. The van der Waals surface area contributed by atoms with Crippen LogP contribution in [0.25, 0.3) is 22.2 Å². The van der Waals surface area contributed by atoms with Crippen LogP contribution in [-0.4, -0.2) is 34.2 Å². The predicted octanol–water partition coefficient (Wildman–Crippen LogP) is 3.10. The third-order valence-electron chi connectivity index (χ3n) is 3.94. The van der Waals surface area contributed by atoms with Gasteiger partial charge in [0, 0.05) is 31.2 Å². The zero-order valence-electron chi connectivity index (χ0n) is 13.6. The van der Waals surface area contributed by atoms with Gasteiger partial charge in [0.25, 0.3) is 0 Å². The smallest absolute Gasteiger partial charge is 0.224 e. The minimum Gasteiger partial charge on any atom is -0.508 e. The van der Waals surface area contributed by atoms with Crippen LogP contribution < -0.4 is 10.6 Å². The van der Waals surface area contributed by atoms with Gasteiger partial charge in [-0.2, -0.15) is 4.98 Å². The van der Waals surface area contributed by atoms with Crippen molar-refractivity contribution in [1.29, 1.82) is 0 Å². The molecule has 0 fully saturated rings. The second kappa shape index (κ2) is 5.72. The Hall–Kier alpha value is -2.89. The van der Waals surface area contributed by atoms with Crippen molar-refractivity contribution >= 4 is 22.8 Å². The molecule has 3 N–H and O–H groups in total. The first-order valence-corrected chi connectivity index (χ1v) is 7.38. The summed E-state index contributed by atoms with van der Waals surface area (Å²) in [5.74, 6) is 1.52. The van der Waals surface area contributed by atoms with Crippen LogP contribution in [0.15, 0.2) is 24.4 Å². The van der Waals surface area contributed by atoms with Crippen LogP contribution >= 0.6 is 0 Å². The van der Waals surface area contributed by atoms with Crippen molar-refractivity contribution in [1.82, 2.24) is 15.0 Å². The van der Waals surface area contributed by atoms with E-state index in [1.807, 2.05) is 33.0 Å². The molecule has 0 atom stereocenters. The van der Waals surface area contributed by atoms with Crippen LogP contribution in [0.1, 0.15) is 11.1 Å². The van der Waals surface area contributed by atoms with Crippen molar-refractivity contribution in [2.45, 2.75) is 13.8 Å². The van der Waals surface area contributed by atoms with Gasteiger partial charge in [0.05, 0.1) is 0 Å². The molecule has 0 amide bonds. The van der Waals surface area contributed by atoms with Crippen LogP contribution in [0, 0.1) is 13.8 Å². The highest BCUT2D eigenvalue weighted by Gasteiger charge is 2.15. The Morgan fingerprint density at radius 1 is 1.04 bits per heavy atom. The van der Waals surface area contributed by atoms with E-state index in [2.05, 4.69) is 25.6 Å². The third-order valence-corrected chi connectivity index (χ3v) is 3.94. The van der Waals surface area contributed by atoms with Gasteiger partial charge in [0.1, 0.15) is 11.6 Å². The minimum absolute atomic E-state index is 0.273. The number of hydrogen-bond acceptors (Lipinski definition) is 6. The van der Waals surface area contributed by atoms with E-state index in [1.165, 1.54) is 0 Å². The maximum atomic E-state index is 10.1. The average Bonchev–Trinajstić information content (AvgIpc) is 2.57. The Labute approximate surface area is 134 Å². The molecule has 3 rings (SSSR count). The largest absolute Gasteiger partial charge is 0.508 e. The molecule has 0 spiro atoms. The van der Waals surface area contributed by atoms with E-state index in [-0.39, 0.29) is 5.75 Å². The first-order valence-electron chi connectivity index (χ1n) is 7.38. The number of hydrogen-bond donors (Lipinski definition) is 3. The molecule has 2 heterocycles. The highest BCUT2D eigenvalue weighted by atomic mass is 16.3. The van der Waals surface area contributed by atoms with E-state index >= 15 is 0 Å². The van der Waals surface area contributed by atoms with Gasteiger partial charge in [-0.3, -0.25) is 0 Å². The van der Waals surface area contributed by atoms with Gasteiger partial charge in [-0.1, -0.05) is 6.07 Å². The number of aromatic nitrogens is 3. The summed E-state index contributed by atoms with van der Waals surface area (Å²) in [7, 11) is 3.60. The van der Waals surface area contributed by atoms with Gasteiger partial charge >= 0.3 is 0 Å². The Morgan fingerprint density at radius 2 is 1.83 bits per heavy atom. The number of benzene rings is 1. The standard InChI is InChI=1S/C17H19N5O/c1-9-5-6-13(23)10(2)14(9)12-7-11-8-20-17(19-4)22-15(11)21-16(12)18-3/h5-8,23H,1-4H3,(H2,18,19,20,21,22). The second-order valence-corrected chi connectivity index (χ2v) is 5.39. The van der Waals surface area contributed by atoms with Gasteiger partial charge in [0.15, 0.2) is 5.65 Å². The fraction of sp³-hybridized carbons (Fsp3) is 0.235. The number of phenolic OH excluding ortho intramolecular Hbond substituents is 1. The monoisotopic (exact) mass is 309 g/mol. The molecule has 0 aliphatic heterocycles. The molecule has 0 unspecified atom stereocenters. The number of fused-ring (bicyclic) bond motifs is 1. The molecule has 2 aromatic heterocycles. The summed E-state index contributed by atoms with van der Waals surface area (Å²) in [6.45, 7) is 3.92. The third kappa shape index (κ3) is 2.52. The number of pyridine rings is 1. The minimum atomic E-state index is 0.273. The van der Waals surface area contributed by atoms with E-state index in [0.29, 0.717) is 11.6 Å². The van der Waals surface area contributed by atoms with Crippen molar-refractivity contribution < 1.29 is 5.11 Å². The normalized spacial score (nSPS) is 10.8.